The second-order valence-corrected chi connectivity index (χ2v) is 3.13. The van der Waals surface area contributed by atoms with E-state index in [-0.39, 0.29) is 11.2 Å². The number of rotatable bonds is 5. The number of unbranched alkanes of at least 4 members (excludes halogenated alkanes) is 2. The van der Waals surface area contributed by atoms with Crippen LogP contribution in [0.1, 0.15) is 26.2 Å². The minimum Gasteiger partial charge on any atom is -0.391 e. The van der Waals surface area contributed by atoms with Crippen LogP contribution in [-0.4, -0.2) is 16.5 Å². The number of hydrogen-bond donors (Lipinski definition) is 3. The van der Waals surface area contributed by atoms with Crippen LogP contribution in [0.25, 0.3) is 0 Å². The first kappa shape index (κ1) is 10.6. The molecular formula is C9H16N4O. The molecule has 0 fully saturated rings. The van der Waals surface area contributed by atoms with Crippen molar-refractivity contribution in [3.05, 3.63) is 16.7 Å². The molecular weight excluding hydrogens is 180 g/mol. The lowest BCUT2D eigenvalue weighted by atomic mass is 10.2. The Hall–Kier alpha value is -1.52. The van der Waals surface area contributed by atoms with E-state index in [1.807, 2.05) is 0 Å². The maximum absolute atomic E-state index is 11.1. The Kier molecular flexibility index (Phi) is 3.97. The van der Waals surface area contributed by atoms with Gasteiger partial charge in [0.2, 0.25) is 0 Å². The van der Waals surface area contributed by atoms with E-state index in [9.17, 15) is 4.79 Å². The van der Waals surface area contributed by atoms with Crippen molar-refractivity contribution in [2.24, 2.45) is 0 Å². The van der Waals surface area contributed by atoms with Gasteiger partial charge in [0.1, 0.15) is 5.69 Å². The Labute approximate surface area is 82.7 Å². The number of anilines is 2. The molecule has 4 N–H and O–H groups in total. The number of hydrogen-bond acceptors (Lipinski definition) is 4. The highest BCUT2D eigenvalue weighted by atomic mass is 16.1. The molecule has 0 aliphatic heterocycles. The molecule has 0 amide bonds. The van der Waals surface area contributed by atoms with E-state index in [1.165, 1.54) is 12.7 Å². The summed E-state index contributed by atoms with van der Waals surface area (Å²) in [5.74, 6) is 0.477. The first-order valence-corrected chi connectivity index (χ1v) is 4.82. The van der Waals surface area contributed by atoms with Crippen LogP contribution in [0.15, 0.2) is 11.1 Å². The monoisotopic (exact) mass is 196 g/mol. The largest absolute Gasteiger partial charge is 0.391 e. The molecule has 1 rings (SSSR count). The van der Waals surface area contributed by atoms with Crippen LogP contribution >= 0.6 is 0 Å². The van der Waals surface area contributed by atoms with E-state index in [1.54, 1.807) is 0 Å². The molecule has 0 unspecified atom stereocenters. The standard InChI is InChI=1S/C9H16N4O/c1-2-3-4-5-11-8-7(10)9(14)13-6-12-8/h6H,2-5,10H2,1H3,(H2,11,12,13,14). The number of aromatic nitrogens is 2. The Bertz CT molecular complexity index is 334. The van der Waals surface area contributed by atoms with E-state index >= 15 is 0 Å². The molecule has 1 aromatic heterocycles. The molecule has 1 heterocycles. The van der Waals surface area contributed by atoms with Crippen molar-refractivity contribution in [1.29, 1.82) is 0 Å². The first-order valence-electron chi connectivity index (χ1n) is 4.82. The van der Waals surface area contributed by atoms with Gasteiger partial charge in [0.15, 0.2) is 5.82 Å². The Morgan fingerprint density at radius 3 is 3.07 bits per heavy atom. The lowest BCUT2D eigenvalue weighted by molar-refractivity contribution is 0.742. The topological polar surface area (TPSA) is 83.8 Å². The molecule has 0 radical (unpaired) electrons. The molecule has 0 aliphatic rings. The van der Waals surface area contributed by atoms with Crippen LogP contribution in [0.5, 0.6) is 0 Å². The van der Waals surface area contributed by atoms with E-state index in [0.717, 1.165) is 19.4 Å². The molecule has 14 heavy (non-hydrogen) atoms. The summed E-state index contributed by atoms with van der Waals surface area (Å²) in [7, 11) is 0. The van der Waals surface area contributed by atoms with Crippen molar-refractivity contribution in [3.8, 4) is 0 Å². The molecule has 0 saturated carbocycles. The van der Waals surface area contributed by atoms with Crippen LogP contribution < -0.4 is 16.6 Å². The summed E-state index contributed by atoms with van der Waals surface area (Å²) >= 11 is 0. The average molecular weight is 196 g/mol. The summed E-state index contributed by atoms with van der Waals surface area (Å²) in [4.78, 5) is 17.4. The molecule has 0 saturated heterocycles. The zero-order valence-electron chi connectivity index (χ0n) is 8.34. The first-order chi connectivity index (χ1) is 6.75. The highest BCUT2D eigenvalue weighted by molar-refractivity contribution is 5.58. The smallest absolute Gasteiger partial charge is 0.276 e. The molecule has 1 aromatic rings. The summed E-state index contributed by atoms with van der Waals surface area (Å²) < 4.78 is 0. The SMILES string of the molecule is CCCCCNc1nc[nH]c(=O)c1N. The molecule has 78 valence electrons. The van der Waals surface area contributed by atoms with Crippen molar-refractivity contribution in [3.63, 3.8) is 0 Å². The quantitative estimate of drug-likeness (QED) is 0.612. The van der Waals surface area contributed by atoms with Gasteiger partial charge >= 0.3 is 0 Å². The summed E-state index contributed by atoms with van der Waals surface area (Å²) in [6, 6.07) is 0. The number of aromatic amines is 1. The van der Waals surface area contributed by atoms with Gasteiger partial charge in [0, 0.05) is 6.54 Å². The van der Waals surface area contributed by atoms with Crippen molar-refractivity contribution < 1.29 is 0 Å². The van der Waals surface area contributed by atoms with E-state index in [0.29, 0.717) is 5.82 Å². The van der Waals surface area contributed by atoms with Gasteiger partial charge in [-0.05, 0) is 6.42 Å². The zero-order valence-corrected chi connectivity index (χ0v) is 8.34. The fourth-order valence-electron chi connectivity index (χ4n) is 1.13. The molecule has 0 atom stereocenters. The zero-order chi connectivity index (χ0) is 10.4. The van der Waals surface area contributed by atoms with Crippen molar-refractivity contribution in [2.75, 3.05) is 17.6 Å². The van der Waals surface area contributed by atoms with Crippen molar-refractivity contribution >= 4 is 11.5 Å². The lowest BCUT2D eigenvalue weighted by Crippen LogP contribution is -2.16. The van der Waals surface area contributed by atoms with Crippen LogP contribution in [0.4, 0.5) is 11.5 Å². The second kappa shape index (κ2) is 5.26. The molecule has 5 nitrogen and oxygen atoms in total. The maximum Gasteiger partial charge on any atom is 0.276 e. The third-order valence-corrected chi connectivity index (χ3v) is 1.96. The van der Waals surface area contributed by atoms with E-state index < -0.39 is 0 Å². The lowest BCUT2D eigenvalue weighted by Gasteiger charge is -2.05. The number of nitrogens with two attached hydrogens (primary N) is 1. The van der Waals surface area contributed by atoms with Crippen LogP contribution in [0.3, 0.4) is 0 Å². The van der Waals surface area contributed by atoms with Crippen molar-refractivity contribution in [1.82, 2.24) is 9.97 Å². The molecule has 0 spiro atoms. The van der Waals surface area contributed by atoms with Crippen LogP contribution in [0.2, 0.25) is 0 Å². The van der Waals surface area contributed by atoms with Crippen molar-refractivity contribution in [2.45, 2.75) is 26.2 Å². The van der Waals surface area contributed by atoms with Gasteiger partial charge in [0.25, 0.3) is 5.56 Å². The van der Waals surface area contributed by atoms with Crippen LogP contribution in [-0.2, 0) is 0 Å². The number of H-pyrrole nitrogens is 1. The minimum atomic E-state index is -0.294. The molecule has 0 aromatic carbocycles. The molecule has 0 bridgehead atoms. The third kappa shape index (κ3) is 2.76. The highest BCUT2D eigenvalue weighted by Crippen LogP contribution is 2.07. The molecule has 5 heteroatoms. The van der Waals surface area contributed by atoms with Gasteiger partial charge < -0.3 is 16.0 Å². The number of nitrogens with zero attached hydrogens (tertiary/aromatic N) is 1. The van der Waals surface area contributed by atoms with Gasteiger partial charge in [-0.3, -0.25) is 4.79 Å². The van der Waals surface area contributed by atoms with E-state index in [4.69, 9.17) is 5.73 Å². The Morgan fingerprint density at radius 2 is 2.36 bits per heavy atom. The summed E-state index contributed by atoms with van der Waals surface area (Å²) in [5.41, 5.74) is 5.39. The molecule has 0 aliphatic carbocycles. The van der Waals surface area contributed by atoms with Crippen LogP contribution in [0, 0.1) is 0 Å². The summed E-state index contributed by atoms with van der Waals surface area (Å²) in [5, 5.41) is 3.03. The third-order valence-electron chi connectivity index (χ3n) is 1.96. The second-order valence-electron chi connectivity index (χ2n) is 3.13. The summed E-state index contributed by atoms with van der Waals surface area (Å²) in [6.07, 6.45) is 4.74. The van der Waals surface area contributed by atoms with Gasteiger partial charge in [-0.1, -0.05) is 19.8 Å². The predicted octanol–water partition coefficient (Wildman–Crippen LogP) is 0.954. The number of nitrogen functional groups attached to an aromatic ring is 1. The Balaban J connectivity index is 2.51. The highest BCUT2D eigenvalue weighted by Gasteiger charge is 2.02. The van der Waals surface area contributed by atoms with Gasteiger partial charge in [-0.15, -0.1) is 0 Å². The van der Waals surface area contributed by atoms with Gasteiger partial charge in [-0.2, -0.15) is 0 Å². The maximum atomic E-state index is 11.1. The predicted molar refractivity (Wildman–Crippen MR) is 57.3 cm³/mol. The van der Waals surface area contributed by atoms with Gasteiger partial charge in [-0.25, -0.2) is 4.98 Å². The fraction of sp³-hybridized carbons (Fsp3) is 0.556. The fourth-order valence-corrected chi connectivity index (χ4v) is 1.13. The van der Waals surface area contributed by atoms with E-state index in [2.05, 4.69) is 22.2 Å². The van der Waals surface area contributed by atoms with Gasteiger partial charge in [0.05, 0.1) is 6.33 Å². The summed E-state index contributed by atoms with van der Waals surface area (Å²) in [6.45, 7) is 2.94. The number of nitrogens with one attached hydrogen (secondary N) is 2. The average Bonchev–Trinajstić information content (AvgIpc) is 2.19. The normalized spacial score (nSPS) is 10.1. The minimum absolute atomic E-state index is 0.156. The Morgan fingerprint density at radius 1 is 1.57 bits per heavy atom.